The van der Waals surface area contributed by atoms with E-state index in [-0.39, 0.29) is 17.4 Å². The van der Waals surface area contributed by atoms with Crippen LogP contribution in [0.1, 0.15) is 55.7 Å². The molecule has 2 amide bonds. The van der Waals surface area contributed by atoms with E-state index < -0.39 is 11.8 Å². The van der Waals surface area contributed by atoms with Crippen LogP contribution in [-0.2, 0) is 11.8 Å². The van der Waals surface area contributed by atoms with E-state index in [1.54, 1.807) is 29.2 Å². The smallest absolute Gasteiger partial charge is 0.317 e. The summed E-state index contributed by atoms with van der Waals surface area (Å²) in [5.74, 6) is 0.280. The number of carbonyl (C=O) groups excluding carboxylic acids is 1. The van der Waals surface area contributed by atoms with E-state index in [0.717, 1.165) is 55.6 Å². The van der Waals surface area contributed by atoms with E-state index in [1.807, 2.05) is 24.9 Å². The molecule has 0 aromatic heterocycles. The first-order chi connectivity index (χ1) is 18.7. The fraction of sp³-hybridized carbons (Fsp3) is 0.607. The van der Waals surface area contributed by atoms with E-state index in [9.17, 15) is 19.0 Å². The van der Waals surface area contributed by atoms with Gasteiger partial charge in [-0.05, 0) is 62.9 Å². The van der Waals surface area contributed by atoms with Crippen molar-refractivity contribution < 1.29 is 13.6 Å². The summed E-state index contributed by atoms with van der Waals surface area (Å²) in [4.78, 5) is 16.1. The number of alkyl halides is 2. The number of aryl methyl sites for hydroxylation is 1. The Morgan fingerprint density at radius 3 is 2.67 bits per heavy atom. The summed E-state index contributed by atoms with van der Waals surface area (Å²) in [5, 5.41) is 25.2. The zero-order valence-electron chi connectivity index (χ0n) is 23.1. The third-order valence-corrected chi connectivity index (χ3v) is 8.44. The minimum absolute atomic E-state index is 0.00429. The quantitative estimate of drug-likeness (QED) is 0.339. The number of nitrogens with one attached hydrogen (secondary N) is 4. The first-order valence-corrected chi connectivity index (χ1v) is 13.9. The lowest BCUT2D eigenvalue weighted by Gasteiger charge is -2.39. The van der Waals surface area contributed by atoms with Crippen molar-refractivity contribution in [3.63, 3.8) is 0 Å². The van der Waals surface area contributed by atoms with Crippen LogP contribution in [0, 0.1) is 5.41 Å². The molecule has 212 valence electrons. The van der Waals surface area contributed by atoms with Crippen LogP contribution < -0.4 is 20.9 Å². The number of rotatable bonds is 5. The molecule has 4 aliphatic rings. The van der Waals surface area contributed by atoms with Gasteiger partial charge in [0.1, 0.15) is 5.84 Å². The zero-order valence-corrected chi connectivity index (χ0v) is 23.1. The Morgan fingerprint density at radius 2 is 2.00 bits per heavy atom. The molecule has 1 saturated heterocycles. The number of benzene rings is 1. The highest BCUT2D eigenvalue weighted by molar-refractivity contribution is 6.09. The third kappa shape index (κ3) is 5.46. The van der Waals surface area contributed by atoms with E-state index >= 15 is 0 Å². The molecule has 0 saturated carbocycles. The van der Waals surface area contributed by atoms with Crippen molar-refractivity contribution in [3.05, 3.63) is 40.1 Å². The molecule has 5 rings (SSSR count). The van der Waals surface area contributed by atoms with Crippen LogP contribution in [0.4, 0.5) is 19.3 Å². The number of hydrogen-bond donors (Lipinski definition) is 4. The van der Waals surface area contributed by atoms with Gasteiger partial charge in [-0.1, -0.05) is 6.07 Å². The van der Waals surface area contributed by atoms with E-state index in [4.69, 9.17) is 0 Å². The molecule has 0 radical (unpaired) electrons. The Labute approximate surface area is 229 Å². The highest BCUT2D eigenvalue weighted by atomic mass is 19.3. The molecule has 4 heterocycles. The van der Waals surface area contributed by atoms with Crippen LogP contribution in [-0.4, -0.2) is 87.4 Å². The summed E-state index contributed by atoms with van der Waals surface area (Å²) < 4.78 is 29.0. The predicted octanol–water partition coefficient (Wildman–Crippen LogP) is 3.18. The minimum Gasteiger partial charge on any atom is -0.385 e. The number of likely N-dealkylation sites (N-methyl/N-ethyl adjacent to an activating group) is 1. The van der Waals surface area contributed by atoms with Gasteiger partial charge in [-0.15, -0.1) is 0 Å². The molecule has 0 bridgehead atoms. The summed E-state index contributed by atoms with van der Waals surface area (Å²) in [6, 6.07) is 3.65. The van der Waals surface area contributed by atoms with E-state index in [2.05, 4.69) is 21.1 Å². The van der Waals surface area contributed by atoms with Crippen LogP contribution in [0.25, 0.3) is 0 Å². The van der Waals surface area contributed by atoms with Gasteiger partial charge < -0.3 is 25.8 Å². The Bertz CT molecular complexity index is 1180. The number of anilines is 1. The van der Waals surface area contributed by atoms with Crippen molar-refractivity contribution in [3.8, 4) is 0 Å². The predicted molar refractivity (Wildman–Crippen MR) is 150 cm³/mol. The number of piperidine rings is 1. The number of hydrogen-bond acceptors (Lipinski definition) is 6. The van der Waals surface area contributed by atoms with Crippen LogP contribution in [0.5, 0.6) is 0 Å². The average molecular weight is 543 g/mol. The molecule has 0 aliphatic carbocycles. The third-order valence-electron chi connectivity index (χ3n) is 8.44. The van der Waals surface area contributed by atoms with Gasteiger partial charge in [-0.3, -0.25) is 10.4 Å². The first-order valence-electron chi connectivity index (χ1n) is 13.9. The van der Waals surface area contributed by atoms with Gasteiger partial charge in [-0.2, -0.15) is 5.10 Å². The molecule has 11 heteroatoms. The summed E-state index contributed by atoms with van der Waals surface area (Å²) in [7, 11) is 3.46. The van der Waals surface area contributed by atoms with E-state index in [1.165, 1.54) is 0 Å². The van der Waals surface area contributed by atoms with E-state index in [0.29, 0.717) is 49.9 Å². The Balaban J connectivity index is 1.51. The van der Waals surface area contributed by atoms with Gasteiger partial charge in [0.05, 0.1) is 13.1 Å². The highest BCUT2D eigenvalue weighted by Gasteiger charge is 2.37. The Morgan fingerprint density at radius 1 is 1.23 bits per heavy atom. The van der Waals surface area contributed by atoms with Gasteiger partial charge >= 0.3 is 6.03 Å². The molecule has 39 heavy (non-hydrogen) atoms. The molecule has 4 aliphatic heterocycles. The number of nitrogens with zero attached hydrogens (tertiary/aromatic N) is 4. The molecule has 0 spiro atoms. The number of fused-ring (bicyclic) bond motifs is 1. The van der Waals surface area contributed by atoms with Gasteiger partial charge in [0.2, 0.25) is 0 Å². The van der Waals surface area contributed by atoms with Gasteiger partial charge in [0, 0.05) is 73.8 Å². The highest BCUT2D eigenvalue weighted by Crippen LogP contribution is 2.41. The fourth-order valence-corrected chi connectivity index (χ4v) is 6.34. The van der Waals surface area contributed by atoms with Crippen LogP contribution in [0.15, 0.2) is 28.5 Å². The maximum atomic E-state index is 14.5. The molecule has 1 atom stereocenters. The summed E-state index contributed by atoms with van der Waals surface area (Å²) in [6.07, 6.45) is 3.32. The number of carbonyl (C=O) groups is 1. The normalized spacial score (nSPS) is 23.9. The monoisotopic (exact) mass is 542 g/mol. The van der Waals surface area contributed by atoms with Crippen molar-refractivity contribution in [1.82, 2.24) is 25.9 Å². The second kappa shape index (κ2) is 11.1. The number of urea groups is 1. The lowest BCUT2D eigenvalue weighted by atomic mass is 9.79. The molecule has 1 fully saturated rings. The zero-order chi connectivity index (χ0) is 27.7. The average Bonchev–Trinajstić information content (AvgIpc) is 3.31. The number of amides is 2. The Hall–Kier alpha value is -3.21. The standard InChI is InChI=1S/C28H40F2N8O/c1-28(16-34-36(3)17-28)22-13-18-5-4-11-38(24(18)14-20(22)25(29)30)26(31)21-15-37(27(39)32-2)12-8-23(21)35-19-6-9-33-10-7-19/h13-14,16,19,25,31,33,35H,4-12,15,17H2,1-3H3,(H,32,39). The largest absolute Gasteiger partial charge is 0.385 e. The fourth-order valence-electron chi connectivity index (χ4n) is 6.34. The van der Waals surface area contributed by atoms with Crippen molar-refractivity contribution >= 4 is 23.8 Å². The van der Waals surface area contributed by atoms with Gasteiger partial charge in [0.25, 0.3) is 6.43 Å². The van der Waals surface area contributed by atoms with Crippen molar-refractivity contribution in [2.75, 3.05) is 58.3 Å². The maximum Gasteiger partial charge on any atom is 0.317 e. The van der Waals surface area contributed by atoms with Gasteiger partial charge in [0.15, 0.2) is 0 Å². The SMILES string of the molecule is CNC(=O)N1CCC(NC2CCNCC2)=C(C(=N)N2CCCc3cc(C4(C)C=NN(C)C4)c(C(F)F)cc32)C1. The molecule has 1 aromatic rings. The maximum absolute atomic E-state index is 14.5. The Kier molecular flexibility index (Phi) is 7.80. The molecule has 9 nitrogen and oxygen atoms in total. The van der Waals surface area contributed by atoms with Crippen LogP contribution in [0.2, 0.25) is 0 Å². The van der Waals surface area contributed by atoms with Crippen molar-refractivity contribution in [2.24, 2.45) is 5.10 Å². The van der Waals surface area contributed by atoms with Crippen LogP contribution in [0.3, 0.4) is 0 Å². The summed E-state index contributed by atoms with van der Waals surface area (Å²) in [6.45, 7) is 5.82. The number of amidine groups is 1. The molecule has 4 N–H and O–H groups in total. The number of hydrazone groups is 1. The topological polar surface area (TPSA) is 99.1 Å². The lowest BCUT2D eigenvalue weighted by Crippen LogP contribution is -2.49. The van der Waals surface area contributed by atoms with Crippen LogP contribution >= 0.6 is 0 Å². The molecular weight excluding hydrogens is 502 g/mol. The molecule has 1 unspecified atom stereocenters. The lowest BCUT2D eigenvalue weighted by molar-refractivity contribution is 0.149. The number of halogens is 2. The second-order valence-corrected chi connectivity index (χ2v) is 11.3. The molecular formula is C28H40F2N8O. The van der Waals surface area contributed by atoms with Crippen molar-refractivity contribution in [1.29, 1.82) is 5.41 Å². The summed E-state index contributed by atoms with van der Waals surface area (Å²) >= 11 is 0. The van der Waals surface area contributed by atoms with Crippen molar-refractivity contribution in [2.45, 2.75) is 56.9 Å². The second-order valence-electron chi connectivity index (χ2n) is 11.3. The minimum atomic E-state index is -2.64. The first kappa shape index (κ1) is 27.4. The molecule has 1 aromatic carbocycles. The van der Waals surface area contributed by atoms with Gasteiger partial charge in [-0.25, -0.2) is 13.6 Å². The summed E-state index contributed by atoms with van der Waals surface area (Å²) in [5.41, 5.74) is 3.39.